The van der Waals surface area contributed by atoms with E-state index in [4.69, 9.17) is 0 Å². The lowest BCUT2D eigenvalue weighted by Crippen LogP contribution is -2.63. The second-order valence-electron chi connectivity index (χ2n) is 17.9. The van der Waals surface area contributed by atoms with Gasteiger partial charge >= 0.3 is 6.03 Å². The number of benzene rings is 1. The van der Waals surface area contributed by atoms with Gasteiger partial charge < -0.3 is 26.2 Å². The summed E-state index contributed by atoms with van der Waals surface area (Å²) in [7, 11) is -3.75. The molecule has 13 nitrogen and oxygen atoms in total. The molecule has 2 aliphatic carbocycles. The van der Waals surface area contributed by atoms with Gasteiger partial charge in [-0.1, -0.05) is 97.9 Å². The number of Topliss-reactive ketones (excluding diaryl/α,β-unsaturated/α-hetero) is 1. The number of fused-ring (bicyclic) bond motifs is 1. The zero-order valence-electron chi connectivity index (χ0n) is 33.5. The first-order valence-corrected chi connectivity index (χ1v) is 21.5. The Morgan fingerprint density at radius 2 is 1.65 bits per heavy atom. The van der Waals surface area contributed by atoms with Crippen molar-refractivity contribution >= 4 is 39.6 Å². The van der Waals surface area contributed by atoms with Crippen molar-refractivity contribution in [2.24, 2.45) is 28.6 Å². The van der Waals surface area contributed by atoms with Crippen LogP contribution in [0.1, 0.15) is 105 Å². The number of hydrogen-bond donors (Lipinski definition) is 4. The highest BCUT2D eigenvalue weighted by Crippen LogP contribution is 2.42. The molecule has 4 aliphatic rings. The maximum Gasteiger partial charge on any atom is 0.315 e. The predicted octanol–water partition coefficient (Wildman–Crippen LogP) is 4.27. The summed E-state index contributed by atoms with van der Waals surface area (Å²) in [4.78, 5) is 71.2. The van der Waals surface area contributed by atoms with Crippen molar-refractivity contribution in [3.8, 4) is 0 Å². The smallest absolute Gasteiger partial charge is 0.315 e. The Morgan fingerprint density at radius 1 is 0.982 bits per heavy atom. The van der Waals surface area contributed by atoms with E-state index >= 15 is 0 Å². The van der Waals surface area contributed by atoms with Crippen molar-refractivity contribution in [1.29, 1.82) is 0 Å². The van der Waals surface area contributed by atoms with E-state index in [1.54, 1.807) is 23.1 Å². The van der Waals surface area contributed by atoms with Crippen molar-refractivity contribution in [2.45, 2.75) is 135 Å². The lowest BCUT2D eigenvalue weighted by atomic mass is 9.70. The normalized spacial score (nSPS) is 23.6. The third-order valence-corrected chi connectivity index (χ3v) is 14.2. The molecule has 0 radical (unpaired) electrons. The third-order valence-electron chi connectivity index (χ3n) is 12.3. The molecule has 4 N–H and O–H groups in total. The molecule has 5 amide bonds. The number of likely N-dealkylation sites (tertiary alicyclic amines) is 1. The van der Waals surface area contributed by atoms with Crippen molar-refractivity contribution < 1.29 is 32.4 Å². The molecule has 2 heterocycles. The van der Waals surface area contributed by atoms with Gasteiger partial charge in [0.05, 0.1) is 10.9 Å². The molecule has 0 spiro atoms. The Morgan fingerprint density at radius 3 is 2.25 bits per heavy atom. The van der Waals surface area contributed by atoms with Crippen LogP contribution >= 0.6 is 0 Å². The first-order chi connectivity index (χ1) is 25.9. The van der Waals surface area contributed by atoms with Gasteiger partial charge in [0.25, 0.3) is 5.91 Å². The van der Waals surface area contributed by atoms with Gasteiger partial charge in [0.2, 0.25) is 27.6 Å². The van der Waals surface area contributed by atoms with Crippen LogP contribution in [0.25, 0.3) is 0 Å². The molecule has 0 bridgehead atoms. The Balaban J connectivity index is 1.38. The number of urea groups is 1. The van der Waals surface area contributed by atoms with Crippen LogP contribution in [0.5, 0.6) is 0 Å². The zero-order valence-corrected chi connectivity index (χ0v) is 34.3. The van der Waals surface area contributed by atoms with Gasteiger partial charge in [-0.15, -0.1) is 6.58 Å². The second kappa shape index (κ2) is 17.2. The van der Waals surface area contributed by atoms with Crippen LogP contribution in [-0.4, -0.2) is 91.0 Å². The van der Waals surface area contributed by atoms with E-state index < -0.39 is 68.6 Å². The molecule has 1 aromatic rings. The zero-order chi connectivity index (χ0) is 40.3. The summed E-state index contributed by atoms with van der Waals surface area (Å²) in [5.74, 6) is -2.28. The standard InChI is InChI=1S/C41H62N6O7S/c1-8-21-42-37(50)34(48)30(23-27-16-17-27)43-36(49)33-29(26(2)3)18-22-47(33)38(51)35(41(7)19-12-9-13-20-41)45-39(52)44-32(40(4,5)6)25-46-24-28-14-10-11-15-31(28)55(46,53)54/h8,10-11,14-15,26-27,29-30,32-33,35H,1,9,12-13,16-25H2,2-7H3,(H,42,50)(H,43,49)(H2,44,45,52)/t29-,30?,32-,33+,35-/m1/s1. The summed E-state index contributed by atoms with van der Waals surface area (Å²) in [6.07, 6.45) is 8.43. The van der Waals surface area contributed by atoms with Crippen LogP contribution in [-0.2, 0) is 35.7 Å². The number of sulfonamides is 1. The van der Waals surface area contributed by atoms with Gasteiger partial charge in [0.15, 0.2) is 0 Å². The fourth-order valence-corrected chi connectivity index (χ4v) is 10.2. The largest absolute Gasteiger partial charge is 0.346 e. The number of carbonyl (C=O) groups excluding carboxylic acids is 5. The summed E-state index contributed by atoms with van der Waals surface area (Å²) in [5, 5.41) is 11.5. The lowest BCUT2D eigenvalue weighted by Gasteiger charge is -2.43. The van der Waals surface area contributed by atoms with E-state index in [1.807, 2.05) is 47.6 Å². The van der Waals surface area contributed by atoms with E-state index in [-0.39, 0.29) is 48.2 Å². The van der Waals surface area contributed by atoms with E-state index in [0.717, 1.165) is 32.1 Å². The molecule has 304 valence electrons. The monoisotopic (exact) mass is 782 g/mol. The lowest BCUT2D eigenvalue weighted by molar-refractivity contribution is -0.145. The van der Waals surface area contributed by atoms with E-state index in [1.165, 1.54) is 10.4 Å². The minimum atomic E-state index is -3.75. The SMILES string of the molecule is C=CCNC(=O)C(=O)C(CC1CC1)NC(=O)[C@@H]1[C@@H](C(C)C)CCN1C(=O)[C@@H](NC(=O)N[C@H](CN1Cc2ccccc2S1(=O)=O)C(C)(C)C)C1(C)CCCCC1. The fraction of sp³-hybridized carbons (Fsp3) is 0.683. The highest BCUT2D eigenvalue weighted by molar-refractivity contribution is 7.89. The van der Waals surface area contributed by atoms with Gasteiger partial charge in [0, 0.05) is 32.2 Å². The molecular weight excluding hydrogens is 721 g/mol. The Hall–Kier alpha value is -3.78. The Bertz CT molecular complexity index is 1730. The first kappa shape index (κ1) is 42.4. The second-order valence-corrected chi connectivity index (χ2v) is 19.8. The fourth-order valence-electron chi connectivity index (χ4n) is 8.56. The van der Waals surface area contributed by atoms with Crippen molar-refractivity contribution in [3.63, 3.8) is 0 Å². The molecule has 14 heteroatoms. The van der Waals surface area contributed by atoms with E-state index in [2.05, 4.69) is 27.8 Å². The van der Waals surface area contributed by atoms with Crippen molar-refractivity contribution in [1.82, 2.24) is 30.5 Å². The van der Waals surface area contributed by atoms with Crippen LogP contribution in [0.15, 0.2) is 41.8 Å². The number of amides is 5. The minimum Gasteiger partial charge on any atom is -0.346 e. The molecule has 55 heavy (non-hydrogen) atoms. The summed E-state index contributed by atoms with van der Waals surface area (Å²) < 4.78 is 28.3. The van der Waals surface area contributed by atoms with Crippen LogP contribution in [0.4, 0.5) is 4.79 Å². The molecule has 1 saturated heterocycles. The van der Waals surface area contributed by atoms with Crippen LogP contribution < -0.4 is 21.3 Å². The highest BCUT2D eigenvalue weighted by atomic mass is 32.2. The Labute approximate surface area is 327 Å². The van der Waals surface area contributed by atoms with Crippen LogP contribution in [0.2, 0.25) is 0 Å². The predicted molar refractivity (Wildman–Crippen MR) is 210 cm³/mol. The number of carbonyl (C=O) groups is 5. The topological polar surface area (TPSA) is 174 Å². The van der Waals surface area contributed by atoms with E-state index in [0.29, 0.717) is 37.8 Å². The number of hydrogen-bond acceptors (Lipinski definition) is 7. The molecule has 0 aromatic heterocycles. The summed E-state index contributed by atoms with van der Waals surface area (Å²) in [5.41, 5.74) is -0.442. The third kappa shape index (κ3) is 9.79. The van der Waals surface area contributed by atoms with Crippen molar-refractivity contribution in [2.75, 3.05) is 19.6 Å². The number of rotatable bonds is 15. The summed E-state index contributed by atoms with van der Waals surface area (Å²) in [6, 6.07) is 2.82. The van der Waals surface area contributed by atoms with Gasteiger partial charge in [-0.25, -0.2) is 13.2 Å². The van der Waals surface area contributed by atoms with Gasteiger partial charge in [-0.05, 0) is 65.9 Å². The first-order valence-electron chi connectivity index (χ1n) is 20.1. The maximum atomic E-state index is 15.0. The van der Waals surface area contributed by atoms with Gasteiger partial charge in [-0.3, -0.25) is 19.2 Å². The quantitative estimate of drug-likeness (QED) is 0.152. The molecule has 1 unspecified atom stereocenters. The van der Waals surface area contributed by atoms with Gasteiger partial charge in [0.1, 0.15) is 12.1 Å². The average molecular weight is 783 g/mol. The van der Waals surface area contributed by atoms with Crippen LogP contribution in [0, 0.1) is 28.6 Å². The van der Waals surface area contributed by atoms with Crippen molar-refractivity contribution in [3.05, 3.63) is 42.5 Å². The highest BCUT2D eigenvalue weighted by Gasteiger charge is 2.50. The molecular formula is C41H62N6O7S. The molecule has 1 aromatic carbocycles. The van der Waals surface area contributed by atoms with E-state index in [9.17, 15) is 32.4 Å². The molecule has 2 aliphatic heterocycles. The summed E-state index contributed by atoms with van der Waals surface area (Å²) >= 11 is 0. The molecule has 2 saturated carbocycles. The number of nitrogens with one attached hydrogen (secondary N) is 4. The average Bonchev–Trinajstić information content (AvgIpc) is 3.76. The Kier molecular flexibility index (Phi) is 13.2. The van der Waals surface area contributed by atoms with Crippen LogP contribution in [0.3, 0.4) is 0 Å². The summed E-state index contributed by atoms with van der Waals surface area (Å²) in [6.45, 7) is 16.1. The minimum absolute atomic E-state index is 0.0301. The van der Waals surface area contributed by atoms with Gasteiger partial charge in [-0.2, -0.15) is 4.31 Å². The molecule has 5 rings (SSSR count). The number of ketones is 1. The number of nitrogens with zero attached hydrogens (tertiary/aromatic N) is 2. The molecule has 3 fully saturated rings. The molecule has 5 atom stereocenters. The maximum absolute atomic E-state index is 15.0.